The molecule has 7 aromatic rings. The van der Waals surface area contributed by atoms with E-state index in [-0.39, 0.29) is 0 Å². The van der Waals surface area contributed by atoms with Gasteiger partial charge < -0.3 is 43.6 Å². The van der Waals surface area contributed by atoms with Crippen LogP contribution in [0.4, 0.5) is 0 Å². The molecule has 0 spiro atoms. The van der Waals surface area contributed by atoms with Crippen LogP contribution < -0.4 is 18.9 Å². The van der Waals surface area contributed by atoms with E-state index in [4.69, 9.17) is 28.9 Å². The number of nitrogens with one attached hydrogen (secondary N) is 2. The van der Waals surface area contributed by atoms with Gasteiger partial charge in [0.1, 0.15) is 23.0 Å². The number of aromatic amines is 2. The molecule has 5 heterocycles. The number of fused-ring (bicyclic) bond motifs is 8. The van der Waals surface area contributed by atoms with E-state index in [0.717, 1.165) is 177 Å². The Kier molecular flexibility index (Phi) is 22.9. The van der Waals surface area contributed by atoms with Crippen LogP contribution in [-0.2, 0) is 0 Å². The molecule has 4 aromatic carbocycles. The monoisotopic (exact) mass is 1130 g/mol. The molecule has 0 atom stereocenters. The highest BCUT2D eigenvalue weighted by atomic mass is 16.5. The lowest BCUT2D eigenvalue weighted by molar-refractivity contribution is 0.293. The van der Waals surface area contributed by atoms with Crippen LogP contribution in [0, 0.1) is 0 Å². The Labute approximate surface area is 500 Å². The molecule has 0 fully saturated rings. The zero-order chi connectivity index (χ0) is 58.5. The number of unbranched alkanes of at least 4 members (excludes halogenated alkanes) is 11. The highest BCUT2D eigenvalue weighted by molar-refractivity contribution is 6.00. The summed E-state index contributed by atoms with van der Waals surface area (Å²) in [6.45, 7) is 8.11. The summed E-state index contributed by atoms with van der Waals surface area (Å²) in [4.78, 5) is 25.7. The smallest absolute Gasteiger partial charge is 0.119 e. The van der Waals surface area contributed by atoms with Crippen molar-refractivity contribution in [3.63, 3.8) is 0 Å². The van der Waals surface area contributed by atoms with E-state index in [1.165, 1.54) is 51.4 Å². The molecule has 0 amide bonds. The minimum atomic E-state index is 0.664. The first-order valence-electron chi connectivity index (χ1n) is 31.1. The molecular formula is C73H91N7O4. The number of benzene rings is 4. The van der Waals surface area contributed by atoms with Gasteiger partial charge in [-0.05, 0) is 226 Å². The molecule has 2 aliphatic heterocycles. The van der Waals surface area contributed by atoms with Gasteiger partial charge >= 0.3 is 0 Å². The predicted octanol–water partition coefficient (Wildman–Crippen LogP) is 17.4. The van der Waals surface area contributed by atoms with Crippen LogP contribution in [0.2, 0.25) is 0 Å². The highest BCUT2D eigenvalue weighted by Gasteiger charge is 2.20. The van der Waals surface area contributed by atoms with Crippen molar-refractivity contribution in [3.05, 3.63) is 144 Å². The van der Waals surface area contributed by atoms with Crippen molar-refractivity contribution >= 4 is 46.4 Å². The van der Waals surface area contributed by atoms with E-state index < -0.39 is 0 Å². The molecule has 0 unspecified atom stereocenters. The molecule has 0 saturated heterocycles. The molecule has 3 aromatic heterocycles. The lowest BCUT2D eigenvalue weighted by Gasteiger charge is -2.11. The maximum absolute atomic E-state index is 6.37. The normalized spacial score (nSPS) is 12.1. The average molecular weight is 1130 g/mol. The molecule has 0 saturated carbocycles. The van der Waals surface area contributed by atoms with Crippen LogP contribution in [0.25, 0.3) is 90.9 Å². The predicted molar refractivity (Wildman–Crippen MR) is 353 cm³/mol. The fourth-order valence-electron chi connectivity index (χ4n) is 11.1. The molecule has 8 bridgehead atoms. The number of hydrogen-bond acceptors (Lipinski definition) is 9. The summed E-state index contributed by atoms with van der Waals surface area (Å²) in [7, 11) is 12.7. The summed E-state index contributed by atoms with van der Waals surface area (Å²) in [6.07, 6.45) is 26.3. The van der Waals surface area contributed by atoms with Gasteiger partial charge in [-0.2, -0.15) is 0 Å². The SMILES string of the molecule is CCCCCCCCCCCOc1ccc(-c2c3ccc([nH]3)c(-c3ccc(OCCCCN(C)C)cc3)c3nc(c(-c4ccc(OCCCCN(C)C)cc4)c4nc(c(-c5ccc(OCCCCN(C)C)cc5)c5ccc2[nH]5)C=C4)C=C3)cc1. The second kappa shape index (κ2) is 31.5. The number of hydrogen-bond donors (Lipinski definition) is 2. The maximum Gasteiger partial charge on any atom is 0.119 e. The van der Waals surface area contributed by atoms with Crippen molar-refractivity contribution in [2.75, 3.05) is 88.3 Å². The van der Waals surface area contributed by atoms with E-state index in [1.807, 2.05) is 0 Å². The molecule has 11 nitrogen and oxygen atoms in total. The molecule has 2 N–H and O–H groups in total. The van der Waals surface area contributed by atoms with Gasteiger partial charge in [0.2, 0.25) is 0 Å². The first-order chi connectivity index (χ1) is 41.1. The Morgan fingerprint density at radius 1 is 0.298 bits per heavy atom. The van der Waals surface area contributed by atoms with Crippen LogP contribution >= 0.6 is 0 Å². The largest absolute Gasteiger partial charge is 0.494 e. The average Bonchev–Trinajstić information content (AvgIpc) is 4.27. The van der Waals surface area contributed by atoms with E-state index in [9.17, 15) is 0 Å². The van der Waals surface area contributed by atoms with Crippen molar-refractivity contribution in [1.29, 1.82) is 0 Å². The first-order valence-corrected chi connectivity index (χ1v) is 31.1. The number of ether oxygens (including phenoxy) is 4. The van der Waals surface area contributed by atoms with Gasteiger partial charge in [-0.3, -0.25) is 0 Å². The molecule has 2 aliphatic rings. The van der Waals surface area contributed by atoms with Gasteiger partial charge in [-0.15, -0.1) is 0 Å². The third-order valence-electron chi connectivity index (χ3n) is 15.6. The van der Waals surface area contributed by atoms with Crippen molar-refractivity contribution in [2.24, 2.45) is 0 Å². The van der Waals surface area contributed by atoms with Crippen LogP contribution in [0.15, 0.2) is 121 Å². The minimum Gasteiger partial charge on any atom is -0.494 e. The number of H-pyrrole nitrogens is 2. The Bertz CT molecular complexity index is 3230. The van der Waals surface area contributed by atoms with Crippen LogP contribution in [0.1, 0.15) is 126 Å². The third kappa shape index (κ3) is 17.3. The fraction of sp³-hybridized carbons (Fsp3) is 0.397. The molecule has 442 valence electrons. The summed E-state index contributed by atoms with van der Waals surface area (Å²) in [5, 5.41) is 0. The van der Waals surface area contributed by atoms with Gasteiger partial charge in [0.15, 0.2) is 0 Å². The maximum atomic E-state index is 6.37. The van der Waals surface area contributed by atoms with Gasteiger partial charge in [0.05, 0.1) is 49.2 Å². The summed E-state index contributed by atoms with van der Waals surface area (Å²) >= 11 is 0. The Balaban J connectivity index is 1.16. The van der Waals surface area contributed by atoms with Crippen LogP contribution in [0.3, 0.4) is 0 Å². The minimum absolute atomic E-state index is 0.664. The van der Waals surface area contributed by atoms with Gasteiger partial charge in [-0.25, -0.2) is 9.97 Å². The zero-order valence-corrected chi connectivity index (χ0v) is 51.3. The quantitative estimate of drug-likeness (QED) is 0.0389. The second-order valence-electron chi connectivity index (χ2n) is 23.4. The van der Waals surface area contributed by atoms with Crippen LogP contribution in [-0.4, -0.2) is 123 Å². The fourth-order valence-corrected chi connectivity index (χ4v) is 11.1. The summed E-state index contributed by atoms with van der Waals surface area (Å²) in [5.74, 6) is 3.41. The van der Waals surface area contributed by atoms with E-state index >= 15 is 0 Å². The summed E-state index contributed by atoms with van der Waals surface area (Å²) in [6, 6.07) is 42.8. The zero-order valence-electron chi connectivity index (χ0n) is 51.3. The van der Waals surface area contributed by atoms with Gasteiger partial charge in [0.25, 0.3) is 0 Å². The lowest BCUT2D eigenvalue weighted by atomic mass is 10.0. The Morgan fingerprint density at radius 2 is 0.560 bits per heavy atom. The van der Waals surface area contributed by atoms with Crippen molar-refractivity contribution < 1.29 is 18.9 Å². The molecule has 0 aliphatic carbocycles. The Morgan fingerprint density at radius 3 is 0.881 bits per heavy atom. The van der Waals surface area contributed by atoms with E-state index in [1.54, 1.807) is 0 Å². The number of aromatic nitrogens is 4. The lowest BCUT2D eigenvalue weighted by Crippen LogP contribution is -2.13. The van der Waals surface area contributed by atoms with Crippen molar-refractivity contribution in [1.82, 2.24) is 34.6 Å². The van der Waals surface area contributed by atoms with Gasteiger partial charge in [0, 0.05) is 44.3 Å². The first kappa shape index (κ1) is 61.1. The van der Waals surface area contributed by atoms with E-state index in [0.29, 0.717) is 26.4 Å². The van der Waals surface area contributed by atoms with Crippen molar-refractivity contribution in [3.8, 4) is 67.5 Å². The number of rotatable bonds is 33. The third-order valence-corrected chi connectivity index (χ3v) is 15.6. The highest BCUT2D eigenvalue weighted by Crippen LogP contribution is 2.40. The molecule has 0 radical (unpaired) electrons. The Hall–Kier alpha value is -7.44. The molecular weight excluding hydrogens is 1040 g/mol. The van der Waals surface area contributed by atoms with Gasteiger partial charge in [-0.1, -0.05) is 107 Å². The van der Waals surface area contributed by atoms with E-state index in [2.05, 4.69) is 220 Å². The summed E-state index contributed by atoms with van der Waals surface area (Å²) < 4.78 is 25.2. The molecule has 84 heavy (non-hydrogen) atoms. The number of nitrogens with zero attached hydrogens (tertiary/aromatic N) is 5. The molecule has 9 rings (SSSR count). The second-order valence-corrected chi connectivity index (χ2v) is 23.4. The summed E-state index contributed by atoms with van der Waals surface area (Å²) in [5.41, 5.74) is 15.2. The molecule has 11 heteroatoms. The standard InChI is InChI=1S/C73H91N7O4/c1-8-9-10-11-12-13-14-15-19-50-81-58-31-23-54(24-32-58)70-62-39-41-64(74-62)71(55-25-33-59(34-26-55)82-51-20-16-47-78(2)3)66-43-45-68(76-66)73(57-29-37-61(38-30-57)84-53-22-18-49-80(6)7)69-46-44-67(77-69)72(65-42-40-63(70)75-65)56-27-35-60(36-28-56)83-52-21-17-48-79(4)5/h23-46,74-75H,8-22,47-53H2,1-7H3. The van der Waals surface area contributed by atoms with Crippen molar-refractivity contribution in [2.45, 2.75) is 103 Å². The topological polar surface area (TPSA) is 104 Å². The van der Waals surface area contributed by atoms with Crippen LogP contribution in [0.5, 0.6) is 23.0 Å².